The molecule has 0 amide bonds. The third kappa shape index (κ3) is 6.35. The zero-order valence-electron chi connectivity index (χ0n) is 14.6. The van der Waals surface area contributed by atoms with Crippen LogP contribution in [0.1, 0.15) is 12.0 Å². The monoisotopic (exact) mass is 398 g/mol. The quantitative estimate of drug-likeness (QED) is 0.327. The maximum absolute atomic E-state index is 12.0. The standard InChI is InChI=1S/C22H19ClO3S/c23-20-11-4-5-12-21(20)27-14-13-22(24)25-16-17-7-6-10-19(15-17)26-18-8-2-1-3-9-18/h1-12,15H,13-14,16H2. The van der Waals surface area contributed by atoms with Gasteiger partial charge in [0.15, 0.2) is 0 Å². The highest BCUT2D eigenvalue weighted by Gasteiger charge is 2.07. The number of halogens is 1. The van der Waals surface area contributed by atoms with Gasteiger partial charge in [0.05, 0.1) is 11.4 Å². The summed E-state index contributed by atoms with van der Waals surface area (Å²) in [5, 5.41) is 0.700. The van der Waals surface area contributed by atoms with Crippen LogP contribution in [-0.4, -0.2) is 11.7 Å². The van der Waals surface area contributed by atoms with Gasteiger partial charge in [-0.3, -0.25) is 4.79 Å². The molecular weight excluding hydrogens is 380 g/mol. The van der Waals surface area contributed by atoms with Gasteiger partial charge in [-0.1, -0.05) is 54.1 Å². The van der Waals surface area contributed by atoms with Crippen molar-refractivity contribution < 1.29 is 14.3 Å². The maximum Gasteiger partial charge on any atom is 0.306 e. The average Bonchev–Trinajstić information content (AvgIpc) is 2.69. The highest BCUT2D eigenvalue weighted by atomic mass is 35.5. The Morgan fingerprint density at radius 1 is 0.889 bits per heavy atom. The molecule has 0 saturated heterocycles. The molecule has 27 heavy (non-hydrogen) atoms. The van der Waals surface area contributed by atoms with E-state index in [0.29, 0.717) is 22.9 Å². The fourth-order valence-corrected chi connectivity index (χ4v) is 3.53. The van der Waals surface area contributed by atoms with Crippen molar-refractivity contribution in [3.63, 3.8) is 0 Å². The normalized spacial score (nSPS) is 10.4. The molecule has 3 nitrogen and oxygen atoms in total. The molecule has 0 atom stereocenters. The minimum Gasteiger partial charge on any atom is -0.461 e. The number of hydrogen-bond donors (Lipinski definition) is 0. The topological polar surface area (TPSA) is 35.5 Å². The number of hydrogen-bond acceptors (Lipinski definition) is 4. The molecule has 0 aliphatic rings. The van der Waals surface area contributed by atoms with Crippen molar-refractivity contribution in [3.05, 3.63) is 89.4 Å². The number of carbonyl (C=O) groups is 1. The van der Waals surface area contributed by atoms with Gasteiger partial charge in [0.1, 0.15) is 18.1 Å². The summed E-state index contributed by atoms with van der Waals surface area (Å²) in [6.07, 6.45) is 0.329. The highest BCUT2D eigenvalue weighted by Crippen LogP contribution is 2.27. The number of ether oxygens (including phenoxy) is 2. The van der Waals surface area contributed by atoms with Crippen LogP contribution < -0.4 is 4.74 Å². The van der Waals surface area contributed by atoms with Gasteiger partial charge < -0.3 is 9.47 Å². The molecule has 0 radical (unpaired) electrons. The largest absolute Gasteiger partial charge is 0.461 e. The third-order valence-corrected chi connectivity index (χ3v) is 5.19. The second kappa shape index (κ2) is 10.0. The van der Waals surface area contributed by atoms with E-state index in [-0.39, 0.29) is 12.6 Å². The van der Waals surface area contributed by atoms with E-state index < -0.39 is 0 Å². The first-order chi connectivity index (χ1) is 13.2. The molecule has 3 aromatic carbocycles. The van der Waals surface area contributed by atoms with Crippen molar-refractivity contribution in [2.45, 2.75) is 17.9 Å². The predicted octanol–water partition coefficient (Wildman–Crippen LogP) is 6.36. The highest BCUT2D eigenvalue weighted by molar-refractivity contribution is 7.99. The van der Waals surface area contributed by atoms with Gasteiger partial charge in [0.2, 0.25) is 0 Å². The predicted molar refractivity (Wildman–Crippen MR) is 110 cm³/mol. The molecule has 0 bridgehead atoms. The Morgan fingerprint density at radius 2 is 1.63 bits per heavy atom. The maximum atomic E-state index is 12.0. The number of rotatable bonds is 8. The lowest BCUT2D eigenvalue weighted by atomic mass is 10.2. The van der Waals surface area contributed by atoms with Gasteiger partial charge in [-0.15, -0.1) is 11.8 Å². The van der Waals surface area contributed by atoms with Crippen LogP contribution in [-0.2, 0) is 16.1 Å². The fraction of sp³-hybridized carbons (Fsp3) is 0.136. The van der Waals surface area contributed by atoms with Crippen LogP contribution in [0.5, 0.6) is 11.5 Å². The molecule has 5 heteroatoms. The molecule has 3 aromatic rings. The van der Waals surface area contributed by atoms with Crippen molar-refractivity contribution in [3.8, 4) is 11.5 Å². The Bertz CT molecular complexity index is 883. The van der Waals surface area contributed by atoms with Gasteiger partial charge >= 0.3 is 5.97 Å². The molecule has 0 spiro atoms. The Balaban J connectivity index is 1.44. The first-order valence-corrected chi connectivity index (χ1v) is 9.92. The minimum atomic E-state index is -0.232. The van der Waals surface area contributed by atoms with Crippen LogP contribution in [0.25, 0.3) is 0 Å². The molecule has 3 rings (SSSR count). The second-order valence-electron chi connectivity index (χ2n) is 5.75. The Kier molecular flexibility index (Phi) is 7.19. The van der Waals surface area contributed by atoms with Crippen LogP contribution >= 0.6 is 23.4 Å². The van der Waals surface area contributed by atoms with E-state index in [4.69, 9.17) is 21.1 Å². The average molecular weight is 399 g/mol. The van der Waals surface area contributed by atoms with Crippen molar-refractivity contribution in [2.24, 2.45) is 0 Å². The molecule has 0 saturated carbocycles. The molecule has 0 aliphatic carbocycles. The van der Waals surface area contributed by atoms with Crippen molar-refractivity contribution in [2.75, 3.05) is 5.75 Å². The molecular formula is C22H19ClO3S. The Morgan fingerprint density at radius 3 is 2.44 bits per heavy atom. The summed E-state index contributed by atoms with van der Waals surface area (Å²) >= 11 is 7.65. The second-order valence-corrected chi connectivity index (χ2v) is 7.30. The van der Waals surface area contributed by atoms with E-state index in [0.717, 1.165) is 16.2 Å². The van der Waals surface area contributed by atoms with Crippen LogP contribution in [0.4, 0.5) is 0 Å². The summed E-state index contributed by atoms with van der Waals surface area (Å²) in [6.45, 7) is 0.224. The van der Waals surface area contributed by atoms with Crippen LogP contribution in [0, 0.1) is 0 Å². The molecule has 0 heterocycles. The van der Waals surface area contributed by atoms with Crippen LogP contribution in [0.2, 0.25) is 5.02 Å². The first kappa shape index (κ1) is 19.3. The van der Waals surface area contributed by atoms with Gasteiger partial charge in [-0.25, -0.2) is 0 Å². The summed E-state index contributed by atoms with van der Waals surface area (Å²) in [7, 11) is 0. The van der Waals surface area contributed by atoms with E-state index in [1.54, 1.807) is 11.8 Å². The zero-order valence-corrected chi connectivity index (χ0v) is 16.2. The molecule has 0 N–H and O–H groups in total. The first-order valence-electron chi connectivity index (χ1n) is 8.55. The number of carbonyl (C=O) groups excluding carboxylic acids is 1. The number of benzene rings is 3. The van der Waals surface area contributed by atoms with E-state index in [1.807, 2.05) is 78.9 Å². The summed E-state index contributed by atoms with van der Waals surface area (Å²) < 4.78 is 11.2. The lowest BCUT2D eigenvalue weighted by Crippen LogP contribution is -2.05. The van der Waals surface area contributed by atoms with Crippen molar-refractivity contribution in [1.82, 2.24) is 0 Å². The molecule has 0 unspecified atom stereocenters. The Labute approximate surface area is 168 Å². The SMILES string of the molecule is O=C(CCSc1ccccc1Cl)OCc1cccc(Oc2ccccc2)c1. The van der Waals surface area contributed by atoms with E-state index in [2.05, 4.69) is 0 Å². The lowest BCUT2D eigenvalue weighted by molar-refractivity contribution is -0.144. The Hall–Kier alpha value is -2.43. The van der Waals surface area contributed by atoms with Gasteiger partial charge in [-0.2, -0.15) is 0 Å². The summed E-state index contributed by atoms with van der Waals surface area (Å²) in [4.78, 5) is 12.9. The molecule has 0 fully saturated rings. The summed E-state index contributed by atoms with van der Waals surface area (Å²) in [5.74, 6) is 1.87. The number of thioether (sulfide) groups is 1. The smallest absolute Gasteiger partial charge is 0.306 e. The number of para-hydroxylation sites is 1. The third-order valence-electron chi connectivity index (χ3n) is 3.68. The number of esters is 1. The minimum absolute atomic E-state index is 0.224. The zero-order chi connectivity index (χ0) is 18.9. The summed E-state index contributed by atoms with van der Waals surface area (Å²) in [6, 6.07) is 24.7. The van der Waals surface area contributed by atoms with E-state index >= 15 is 0 Å². The van der Waals surface area contributed by atoms with E-state index in [1.165, 1.54) is 0 Å². The van der Waals surface area contributed by atoms with Gasteiger partial charge in [-0.05, 0) is 42.0 Å². The van der Waals surface area contributed by atoms with Crippen molar-refractivity contribution in [1.29, 1.82) is 0 Å². The van der Waals surface area contributed by atoms with E-state index in [9.17, 15) is 4.79 Å². The molecule has 0 aliphatic heterocycles. The molecule has 0 aromatic heterocycles. The van der Waals surface area contributed by atoms with Gasteiger partial charge in [0.25, 0.3) is 0 Å². The van der Waals surface area contributed by atoms with Gasteiger partial charge in [0, 0.05) is 10.6 Å². The van der Waals surface area contributed by atoms with Crippen LogP contribution in [0.15, 0.2) is 83.8 Å². The molecule has 138 valence electrons. The van der Waals surface area contributed by atoms with Crippen LogP contribution in [0.3, 0.4) is 0 Å². The lowest BCUT2D eigenvalue weighted by Gasteiger charge is -2.09. The summed E-state index contributed by atoms with van der Waals surface area (Å²) in [5.41, 5.74) is 0.885. The van der Waals surface area contributed by atoms with Crippen molar-refractivity contribution >= 4 is 29.3 Å². The fourth-order valence-electron chi connectivity index (χ4n) is 2.37.